The van der Waals surface area contributed by atoms with Gasteiger partial charge in [-0.3, -0.25) is 14.9 Å². The molecule has 1 amide bonds. The second kappa shape index (κ2) is 7.66. The zero-order valence-electron chi connectivity index (χ0n) is 16.0. The van der Waals surface area contributed by atoms with Crippen LogP contribution in [-0.2, 0) is 11.3 Å². The van der Waals surface area contributed by atoms with Gasteiger partial charge in [-0.05, 0) is 43.4 Å². The van der Waals surface area contributed by atoms with Crippen molar-refractivity contribution < 1.29 is 14.1 Å². The van der Waals surface area contributed by atoms with Crippen LogP contribution in [0.2, 0.25) is 0 Å². The van der Waals surface area contributed by atoms with E-state index in [1.165, 1.54) is 12.5 Å². The number of amides is 1. The third-order valence-corrected chi connectivity index (χ3v) is 5.55. The summed E-state index contributed by atoms with van der Waals surface area (Å²) in [6.07, 6.45) is 3.51. The zero-order chi connectivity index (χ0) is 19.7. The van der Waals surface area contributed by atoms with Gasteiger partial charge in [0.1, 0.15) is 17.2 Å². The quantitative estimate of drug-likeness (QED) is 0.515. The molecule has 2 fully saturated rings. The van der Waals surface area contributed by atoms with Crippen LogP contribution >= 0.6 is 0 Å². The molecule has 2 saturated carbocycles. The van der Waals surface area contributed by atoms with E-state index in [-0.39, 0.29) is 24.1 Å². The number of hydrogen-bond acceptors (Lipinski definition) is 5. The van der Waals surface area contributed by atoms with E-state index in [2.05, 4.69) is 12.2 Å². The number of anilines is 1. The van der Waals surface area contributed by atoms with Crippen LogP contribution < -0.4 is 5.32 Å². The molecule has 1 heterocycles. The number of rotatable bonds is 9. The van der Waals surface area contributed by atoms with Gasteiger partial charge in [0.05, 0.1) is 11.5 Å². The molecule has 0 radical (unpaired) electrons. The molecular formula is C21H25N3O4. The van der Waals surface area contributed by atoms with Crippen molar-refractivity contribution in [1.82, 2.24) is 4.90 Å². The van der Waals surface area contributed by atoms with E-state index in [9.17, 15) is 14.9 Å². The Balaban J connectivity index is 1.33. The van der Waals surface area contributed by atoms with Gasteiger partial charge in [0, 0.05) is 31.0 Å². The lowest BCUT2D eigenvalue weighted by atomic mass is 10.2. The van der Waals surface area contributed by atoms with Crippen LogP contribution in [0.25, 0.3) is 0 Å². The van der Waals surface area contributed by atoms with Gasteiger partial charge in [0.25, 0.3) is 5.69 Å². The molecule has 2 aromatic rings. The minimum atomic E-state index is -0.421. The lowest BCUT2D eigenvalue weighted by molar-refractivity contribution is -0.384. The Kier molecular flexibility index (Phi) is 5.07. The molecule has 1 aromatic carbocycles. The molecule has 1 N–H and O–H groups in total. The molecule has 0 aliphatic heterocycles. The van der Waals surface area contributed by atoms with E-state index in [1.54, 1.807) is 18.2 Å². The number of hydrogen-bond donors (Lipinski definition) is 1. The molecular weight excluding hydrogens is 358 g/mol. The number of carbonyl (C=O) groups excluding carboxylic acids is 1. The van der Waals surface area contributed by atoms with Crippen molar-refractivity contribution in [3.05, 3.63) is 58.0 Å². The third-order valence-electron chi connectivity index (χ3n) is 5.55. The normalized spacial score (nSPS) is 20.6. The molecule has 1 aromatic heterocycles. The van der Waals surface area contributed by atoms with E-state index in [4.69, 9.17) is 4.42 Å². The Morgan fingerprint density at radius 3 is 2.71 bits per heavy atom. The standard InChI is InChI=1S/C21H25N3O4/c1-14-12-17(14)20-9-8-16(28-20)13-23(15-6-7-15)21(25)10-11-22-18-4-2-3-5-19(18)24(26)27/h2-5,8-9,14-15,17,22H,6-7,10-13H2,1H3. The van der Waals surface area contributed by atoms with Gasteiger partial charge in [-0.1, -0.05) is 19.1 Å². The van der Waals surface area contributed by atoms with Crippen molar-refractivity contribution in [3.8, 4) is 0 Å². The van der Waals surface area contributed by atoms with E-state index >= 15 is 0 Å². The zero-order valence-corrected chi connectivity index (χ0v) is 16.0. The highest BCUT2D eigenvalue weighted by Gasteiger charge is 2.37. The second-order valence-electron chi connectivity index (χ2n) is 7.83. The van der Waals surface area contributed by atoms with Crippen LogP contribution in [0.15, 0.2) is 40.8 Å². The Bertz CT molecular complexity index is 874. The maximum absolute atomic E-state index is 12.8. The van der Waals surface area contributed by atoms with E-state index in [1.807, 2.05) is 17.0 Å². The number of carbonyl (C=O) groups is 1. The Labute approximate surface area is 163 Å². The van der Waals surface area contributed by atoms with Gasteiger partial charge in [0.2, 0.25) is 5.91 Å². The lowest BCUT2D eigenvalue weighted by Crippen LogP contribution is -2.33. The van der Waals surface area contributed by atoms with Crippen molar-refractivity contribution in [1.29, 1.82) is 0 Å². The number of benzene rings is 1. The minimum absolute atomic E-state index is 0.0198. The predicted molar refractivity (Wildman–Crippen MR) is 105 cm³/mol. The summed E-state index contributed by atoms with van der Waals surface area (Å²) in [6.45, 7) is 3.07. The number of nitro groups is 1. The Morgan fingerprint density at radius 2 is 2.04 bits per heavy atom. The van der Waals surface area contributed by atoms with E-state index in [0.29, 0.717) is 30.6 Å². The molecule has 0 bridgehead atoms. The number of nitrogens with one attached hydrogen (secondary N) is 1. The Hall–Kier alpha value is -2.83. The molecule has 0 saturated heterocycles. The lowest BCUT2D eigenvalue weighted by Gasteiger charge is -2.21. The average molecular weight is 383 g/mol. The number of para-hydroxylation sites is 2. The molecule has 28 heavy (non-hydrogen) atoms. The summed E-state index contributed by atoms with van der Waals surface area (Å²) < 4.78 is 5.97. The SMILES string of the molecule is CC1CC1c1ccc(CN(C(=O)CCNc2ccccc2[N+](=O)[O-])C2CC2)o1. The van der Waals surface area contributed by atoms with Crippen LogP contribution in [-0.4, -0.2) is 28.3 Å². The molecule has 2 unspecified atom stereocenters. The highest BCUT2D eigenvalue weighted by atomic mass is 16.6. The van der Waals surface area contributed by atoms with Crippen molar-refractivity contribution in [2.75, 3.05) is 11.9 Å². The third kappa shape index (κ3) is 4.18. The van der Waals surface area contributed by atoms with E-state index in [0.717, 1.165) is 24.4 Å². The molecule has 2 aliphatic rings. The van der Waals surface area contributed by atoms with E-state index < -0.39 is 4.92 Å². The maximum Gasteiger partial charge on any atom is 0.292 e. The van der Waals surface area contributed by atoms with Crippen LogP contribution in [0.5, 0.6) is 0 Å². The molecule has 148 valence electrons. The Morgan fingerprint density at radius 1 is 1.29 bits per heavy atom. The molecule has 2 atom stereocenters. The summed E-state index contributed by atoms with van der Waals surface area (Å²) in [7, 11) is 0. The fraction of sp³-hybridized carbons (Fsp3) is 0.476. The average Bonchev–Trinajstić information content (AvgIpc) is 3.60. The first-order chi connectivity index (χ1) is 13.5. The van der Waals surface area contributed by atoms with Crippen LogP contribution in [0.1, 0.15) is 50.0 Å². The summed E-state index contributed by atoms with van der Waals surface area (Å²) in [5.41, 5.74) is 0.457. The summed E-state index contributed by atoms with van der Waals surface area (Å²) >= 11 is 0. The van der Waals surface area contributed by atoms with Crippen molar-refractivity contribution in [2.24, 2.45) is 5.92 Å². The fourth-order valence-electron chi connectivity index (χ4n) is 3.60. The van der Waals surface area contributed by atoms with Crippen LogP contribution in [0.4, 0.5) is 11.4 Å². The second-order valence-corrected chi connectivity index (χ2v) is 7.83. The van der Waals surface area contributed by atoms with Crippen molar-refractivity contribution >= 4 is 17.3 Å². The van der Waals surface area contributed by atoms with Gasteiger partial charge < -0.3 is 14.6 Å². The summed E-state index contributed by atoms with van der Waals surface area (Å²) in [4.78, 5) is 25.3. The first kappa shape index (κ1) is 18.5. The van der Waals surface area contributed by atoms with Gasteiger partial charge in [-0.15, -0.1) is 0 Å². The smallest absolute Gasteiger partial charge is 0.292 e. The number of furan rings is 1. The number of nitro benzene ring substituents is 1. The first-order valence-electron chi connectivity index (χ1n) is 9.88. The molecule has 7 heteroatoms. The summed E-state index contributed by atoms with van der Waals surface area (Å²) in [6, 6.07) is 10.8. The topological polar surface area (TPSA) is 88.6 Å². The minimum Gasteiger partial charge on any atom is -0.464 e. The van der Waals surface area contributed by atoms with Gasteiger partial charge in [-0.2, -0.15) is 0 Å². The van der Waals surface area contributed by atoms with Gasteiger partial charge in [0.15, 0.2) is 0 Å². The highest BCUT2D eigenvalue weighted by molar-refractivity contribution is 5.77. The maximum atomic E-state index is 12.8. The predicted octanol–water partition coefficient (Wildman–Crippen LogP) is 4.30. The summed E-state index contributed by atoms with van der Waals surface area (Å²) in [5.74, 6) is 3.13. The van der Waals surface area contributed by atoms with Crippen molar-refractivity contribution in [2.45, 2.75) is 51.1 Å². The van der Waals surface area contributed by atoms with Crippen LogP contribution in [0.3, 0.4) is 0 Å². The summed E-state index contributed by atoms with van der Waals surface area (Å²) in [5, 5.41) is 14.1. The number of nitrogens with zero attached hydrogens (tertiary/aromatic N) is 2. The largest absolute Gasteiger partial charge is 0.464 e. The first-order valence-corrected chi connectivity index (χ1v) is 9.88. The molecule has 2 aliphatic carbocycles. The molecule has 4 rings (SSSR count). The van der Waals surface area contributed by atoms with Crippen molar-refractivity contribution in [3.63, 3.8) is 0 Å². The van der Waals surface area contributed by atoms with Gasteiger partial charge in [-0.25, -0.2) is 0 Å². The highest BCUT2D eigenvalue weighted by Crippen LogP contribution is 2.47. The van der Waals surface area contributed by atoms with Crippen LogP contribution in [0, 0.1) is 16.0 Å². The molecule has 7 nitrogen and oxygen atoms in total. The monoisotopic (exact) mass is 383 g/mol. The fourth-order valence-corrected chi connectivity index (χ4v) is 3.60. The molecule has 0 spiro atoms. The van der Waals surface area contributed by atoms with Gasteiger partial charge >= 0.3 is 0 Å².